The molecule has 4 N–H and O–H groups in total. The van der Waals surface area contributed by atoms with Crippen molar-refractivity contribution in [3.05, 3.63) is 42.0 Å². The van der Waals surface area contributed by atoms with Crippen LogP contribution >= 0.6 is 0 Å². The summed E-state index contributed by atoms with van der Waals surface area (Å²) in [6, 6.07) is 5.50. The molecule has 0 bridgehead atoms. The molecule has 2 aromatic heterocycles. The molecule has 1 saturated heterocycles. The summed E-state index contributed by atoms with van der Waals surface area (Å²) in [7, 11) is 1.52. The molecule has 0 spiro atoms. The summed E-state index contributed by atoms with van der Waals surface area (Å²) >= 11 is 0. The van der Waals surface area contributed by atoms with E-state index in [4.69, 9.17) is 19.9 Å². The number of ether oxygens (including phenoxy) is 3. The number of benzene rings is 1. The SMILES string of the molecule is CO[C@@H]1[C@H](O)[C@@H](COC2CCCc3c(O)cccc32)O[C@H]1n1cnc2c(N)ncnc21. The average molecular weight is 427 g/mol. The number of aromatic nitrogens is 4. The van der Waals surface area contributed by atoms with Crippen molar-refractivity contribution < 1.29 is 24.4 Å². The van der Waals surface area contributed by atoms with Gasteiger partial charge in [0.25, 0.3) is 0 Å². The molecule has 164 valence electrons. The molecule has 31 heavy (non-hydrogen) atoms. The second-order valence-electron chi connectivity index (χ2n) is 7.90. The quantitative estimate of drug-likeness (QED) is 0.553. The summed E-state index contributed by atoms with van der Waals surface area (Å²) < 4.78 is 19.5. The molecule has 0 amide bonds. The number of nitrogens with zero attached hydrogens (tertiary/aromatic N) is 4. The van der Waals surface area contributed by atoms with Gasteiger partial charge in [-0.2, -0.15) is 0 Å². The number of nitrogen functional groups attached to an aromatic ring is 1. The van der Waals surface area contributed by atoms with Crippen LogP contribution in [0.1, 0.15) is 36.3 Å². The first-order valence-electron chi connectivity index (χ1n) is 10.3. The molecule has 10 nitrogen and oxygen atoms in total. The van der Waals surface area contributed by atoms with Crippen LogP contribution in [0.3, 0.4) is 0 Å². The summed E-state index contributed by atoms with van der Waals surface area (Å²) in [5.41, 5.74) is 8.78. The molecule has 2 aliphatic rings. The number of fused-ring (bicyclic) bond motifs is 2. The Balaban J connectivity index is 1.35. The highest BCUT2D eigenvalue weighted by Crippen LogP contribution is 2.38. The number of rotatable bonds is 5. The Morgan fingerprint density at radius 2 is 2.16 bits per heavy atom. The second-order valence-corrected chi connectivity index (χ2v) is 7.90. The molecule has 0 radical (unpaired) electrons. The van der Waals surface area contributed by atoms with Crippen LogP contribution < -0.4 is 5.73 Å². The molecule has 1 unspecified atom stereocenters. The summed E-state index contributed by atoms with van der Waals surface area (Å²) in [6.45, 7) is 0.182. The largest absolute Gasteiger partial charge is 0.508 e. The topological polar surface area (TPSA) is 138 Å². The maximum absolute atomic E-state index is 10.9. The van der Waals surface area contributed by atoms with Crippen LogP contribution in [0.5, 0.6) is 5.75 Å². The number of aromatic hydroxyl groups is 1. The van der Waals surface area contributed by atoms with E-state index in [2.05, 4.69) is 15.0 Å². The average Bonchev–Trinajstić information content (AvgIpc) is 3.34. The zero-order valence-electron chi connectivity index (χ0n) is 17.1. The first kappa shape index (κ1) is 20.1. The van der Waals surface area contributed by atoms with Crippen LogP contribution in [0.2, 0.25) is 0 Å². The lowest BCUT2D eigenvalue weighted by atomic mass is 9.88. The van der Waals surface area contributed by atoms with Crippen molar-refractivity contribution in [2.45, 2.75) is 49.9 Å². The Labute approximate surface area is 178 Å². The molecule has 0 saturated carbocycles. The number of imidazole rings is 1. The van der Waals surface area contributed by atoms with Gasteiger partial charge in [-0.15, -0.1) is 0 Å². The first-order chi connectivity index (χ1) is 15.1. The van der Waals surface area contributed by atoms with E-state index in [0.717, 1.165) is 30.4 Å². The van der Waals surface area contributed by atoms with E-state index in [9.17, 15) is 10.2 Å². The van der Waals surface area contributed by atoms with Gasteiger partial charge >= 0.3 is 0 Å². The van der Waals surface area contributed by atoms with Crippen LogP contribution in [-0.2, 0) is 20.6 Å². The zero-order chi connectivity index (χ0) is 21.5. The van der Waals surface area contributed by atoms with Gasteiger partial charge in [-0.3, -0.25) is 4.57 Å². The van der Waals surface area contributed by atoms with Crippen LogP contribution in [-0.4, -0.2) is 61.8 Å². The second kappa shape index (κ2) is 8.04. The number of hydrogen-bond acceptors (Lipinski definition) is 9. The van der Waals surface area contributed by atoms with E-state index in [1.807, 2.05) is 12.1 Å². The maximum atomic E-state index is 10.9. The fourth-order valence-corrected chi connectivity index (χ4v) is 4.56. The highest BCUT2D eigenvalue weighted by molar-refractivity contribution is 5.81. The van der Waals surface area contributed by atoms with E-state index in [0.29, 0.717) is 16.9 Å². The van der Waals surface area contributed by atoms with Gasteiger partial charge in [0.05, 0.1) is 19.0 Å². The summed E-state index contributed by atoms with van der Waals surface area (Å²) in [4.78, 5) is 12.5. The third-order valence-electron chi connectivity index (χ3n) is 6.14. The van der Waals surface area contributed by atoms with Gasteiger partial charge < -0.3 is 30.2 Å². The summed E-state index contributed by atoms with van der Waals surface area (Å²) in [5.74, 6) is 0.575. The fourth-order valence-electron chi connectivity index (χ4n) is 4.56. The van der Waals surface area contributed by atoms with Crippen LogP contribution in [0, 0.1) is 0 Å². The Hall–Kier alpha value is -2.79. The minimum Gasteiger partial charge on any atom is -0.508 e. The molecule has 10 heteroatoms. The minimum absolute atomic E-state index is 0.159. The molecule has 3 aromatic rings. The van der Waals surface area contributed by atoms with Gasteiger partial charge in [-0.05, 0) is 36.5 Å². The summed E-state index contributed by atoms with van der Waals surface area (Å²) in [5, 5.41) is 21.0. The molecular formula is C21H25N5O5. The molecule has 1 aliphatic carbocycles. The summed E-state index contributed by atoms with van der Waals surface area (Å²) in [6.07, 6.45) is 2.58. The monoisotopic (exact) mass is 427 g/mol. The number of methoxy groups -OCH3 is 1. The van der Waals surface area contributed by atoms with Crippen molar-refractivity contribution in [2.75, 3.05) is 19.5 Å². The third kappa shape index (κ3) is 3.41. The zero-order valence-corrected chi connectivity index (χ0v) is 17.1. The highest BCUT2D eigenvalue weighted by Gasteiger charge is 2.46. The van der Waals surface area contributed by atoms with Gasteiger partial charge in [0.1, 0.15) is 35.9 Å². The number of phenolic OH excluding ortho intramolecular Hbond substituents is 1. The number of aliphatic hydroxyl groups excluding tert-OH is 1. The molecule has 1 aliphatic heterocycles. The van der Waals surface area contributed by atoms with Gasteiger partial charge in [0, 0.05) is 7.11 Å². The molecule has 1 aromatic carbocycles. The van der Waals surface area contributed by atoms with Crippen molar-refractivity contribution in [1.82, 2.24) is 19.5 Å². The number of anilines is 1. The van der Waals surface area contributed by atoms with Gasteiger partial charge in [0.2, 0.25) is 0 Å². The van der Waals surface area contributed by atoms with Gasteiger partial charge in [-0.25, -0.2) is 15.0 Å². The van der Waals surface area contributed by atoms with E-state index in [1.54, 1.807) is 17.0 Å². The molecule has 3 heterocycles. The Morgan fingerprint density at radius 3 is 3.00 bits per heavy atom. The van der Waals surface area contributed by atoms with Crippen LogP contribution in [0.15, 0.2) is 30.9 Å². The normalized spacial score (nSPS) is 28.1. The standard InChI is InChI=1S/C21H25N5O5/c1-29-18-17(28)15(8-30-14-7-3-4-11-12(14)5-2-6-13(11)27)31-21(18)26-10-25-16-19(22)23-9-24-20(16)26/h2,5-6,9-10,14-15,17-18,21,27-28H,3-4,7-8H2,1H3,(H2,22,23,24)/t14?,15-,17-,18-,21-/m1/s1. The van der Waals surface area contributed by atoms with E-state index < -0.39 is 24.5 Å². The first-order valence-corrected chi connectivity index (χ1v) is 10.3. The third-order valence-corrected chi connectivity index (χ3v) is 6.14. The fraction of sp³-hybridized carbons (Fsp3) is 0.476. The molecule has 1 fully saturated rings. The molecule has 5 atom stereocenters. The van der Waals surface area contributed by atoms with Crippen molar-refractivity contribution in [3.63, 3.8) is 0 Å². The number of nitrogens with two attached hydrogens (primary N) is 1. The van der Waals surface area contributed by atoms with Gasteiger partial charge in [0.15, 0.2) is 17.7 Å². The Bertz CT molecular complexity index is 1090. The number of aliphatic hydroxyl groups is 1. The van der Waals surface area contributed by atoms with E-state index in [1.165, 1.54) is 13.4 Å². The number of phenols is 1. The van der Waals surface area contributed by atoms with Gasteiger partial charge in [-0.1, -0.05) is 12.1 Å². The van der Waals surface area contributed by atoms with Crippen molar-refractivity contribution in [1.29, 1.82) is 0 Å². The maximum Gasteiger partial charge on any atom is 0.167 e. The van der Waals surface area contributed by atoms with E-state index in [-0.39, 0.29) is 18.5 Å². The predicted octanol–water partition coefficient (Wildman–Crippen LogP) is 1.48. The predicted molar refractivity (Wildman–Crippen MR) is 110 cm³/mol. The van der Waals surface area contributed by atoms with Crippen molar-refractivity contribution >= 4 is 17.0 Å². The lowest BCUT2D eigenvalue weighted by molar-refractivity contribution is -0.0853. The number of hydrogen-bond donors (Lipinski definition) is 3. The minimum atomic E-state index is -0.904. The lowest BCUT2D eigenvalue weighted by Crippen LogP contribution is -2.35. The molecule has 5 rings (SSSR count). The van der Waals surface area contributed by atoms with Crippen LogP contribution in [0.4, 0.5) is 5.82 Å². The lowest BCUT2D eigenvalue weighted by Gasteiger charge is -2.27. The van der Waals surface area contributed by atoms with E-state index >= 15 is 0 Å². The Kier molecular flexibility index (Phi) is 5.22. The molecular weight excluding hydrogens is 402 g/mol. The smallest absolute Gasteiger partial charge is 0.167 e. The highest BCUT2D eigenvalue weighted by atomic mass is 16.6. The Morgan fingerprint density at radius 1 is 1.29 bits per heavy atom. The van der Waals surface area contributed by atoms with Crippen molar-refractivity contribution in [3.8, 4) is 5.75 Å². The van der Waals surface area contributed by atoms with Crippen LogP contribution in [0.25, 0.3) is 11.2 Å². The van der Waals surface area contributed by atoms with Crippen molar-refractivity contribution in [2.24, 2.45) is 0 Å².